The fraction of sp³-hybridized carbons (Fsp3) is 0.176. The lowest BCUT2D eigenvalue weighted by molar-refractivity contribution is -0.133. The molecule has 3 aromatic heterocycles. The maximum atomic E-state index is 12.9. The van der Waals surface area contributed by atoms with Gasteiger partial charge in [-0.25, -0.2) is 9.69 Å². The highest BCUT2D eigenvalue weighted by Crippen LogP contribution is 2.36. The van der Waals surface area contributed by atoms with Gasteiger partial charge in [0.2, 0.25) is 0 Å². The number of thiophene rings is 2. The molecule has 1 aliphatic rings. The van der Waals surface area contributed by atoms with E-state index in [1.807, 2.05) is 35.0 Å². The number of carbonyl (C=O) groups is 1. The molecule has 4 heterocycles. The second-order valence-corrected chi connectivity index (χ2v) is 8.48. The van der Waals surface area contributed by atoms with Gasteiger partial charge in [-0.15, -0.1) is 22.7 Å². The van der Waals surface area contributed by atoms with Crippen LogP contribution in [0.15, 0.2) is 51.1 Å². The van der Waals surface area contributed by atoms with Crippen LogP contribution in [0.3, 0.4) is 0 Å². The summed E-state index contributed by atoms with van der Waals surface area (Å²) in [5.41, 5.74) is 0.248. The molecule has 0 spiro atoms. The summed E-state index contributed by atoms with van der Waals surface area (Å²) in [7, 11) is 0. The Morgan fingerprint density at radius 1 is 1.22 bits per heavy atom. The third-order valence-corrected chi connectivity index (χ3v) is 6.71. The second kappa shape index (κ2) is 7.55. The average Bonchev–Trinajstić information content (AvgIpc) is 3.40. The molecular weight excluding hydrogens is 427 g/mol. The van der Waals surface area contributed by atoms with Crippen LogP contribution in [0, 0.1) is 0 Å². The van der Waals surface area contributed by atoms with Crippen LogP contribution in [0.1, 0.15) is 22.2 Å². The molecular formula is C17H12Cl2N4O2S2. The van der Waals surface area contributed by atoms with E-state index in [-0.39, 0.29) is 28.5 Å². The molecule has 1 amide bonds. The van der Waals surface area contributed by atoms with Crippen LogP contribution in [0.25, 0.3) is 0 Å². The van der Waals surface area contributed by atoms with Gasteiger partial charge in [0.05, 0.1) is 27.9 Å². The quantitative estimate of drug-likeness (QED) is 0.616. The number of amides is 1. The Morgan fingerprint density at radius 3 is 2.70 bits per heavy atom. The van der Waals surface area contributed by atoms with E-state index in [1.165, 1.54) is 11.2 Å². The Kier molecular flexibility index (Phi) is 5.14. The molecule has 27 heavy (non-hydrogen) atoms. The molecule has 0 fully saturated rings. The number of carbonyl (C=O) groups excluding carboxylic acids is 1. The van der Waals surface area contributed by atoms with Crippen molar-refractivity contribution >= 4 is 57.5 Å². The summed E-state index contributed by atoms with van der Waals surface area (Å²) in [6, 6.07) is 7.65. The standard InChI is InChI=1S/C17H12Cl2N4O2S2/c18-10-8-20-22(17(25)16(10)19)9-15(24)23-12(14-4-2-6-27-14)7-11(21-23)13-3-1-5-26-13/h1-6,8,12H,7,9H2/t12-/m0/s1. The van der Waals surface area contributed by atoms with Gasteiger partial charge in [-0.1, -0.05) is 35.3 Å². The van der Waals surface area contributed by atoms with E-state index >= 15 is 0 Å². The first-order chi connectivity index (χ1) is 13.0. The normalized spacial score (nSPS) is 16.6. The molecule has 138 valence electrons. The first kappa shape index (κ1) is 18.4. The zero-order valence-electron chi connectivity index (χ0n) is 13.7. The fourth-order valence-corrected chi connectivity index (χ4v) is 4.60. The number of hydrogen-bond acceptors (Lipinski definition) is 6. The summed E-state index contributed by atoms with van der Waals surface area (Å²) in [6.45, 7) is -0.265. The minimum absolute atomic E-state index is 0.0565. The molecule has 3 aromatic rings. The van der Waals surface area contributed by atoms with Crippen molar-refractivity contribution in [1.82, 2.24) is 14.8 Å². The van der Waals surface area contributed by atoms with Crippen LogP contribution in [0.4, 0.5) is 0 Å². The first-order valence-electron chi connectivity index (χ1n) is 7.92. The maximum Gasteiger partial charge on any atom is 0.287 e. The molecule has 0 aliphatic carbocycles. The zero-order valence-corrected chi connectivity index (χ0v) is 16.9. The van der Waals surface area contributed by atoms with Crippen molar-refractivity contribution in [2.24, 2.45) is 5.10 Å². The van der Waals surface area contributed by atoms with Crippen molar-refractivity contribution in [2.45, 2.75) is 19.0 Å². The molecule has 0 saturated heterocycles. The van der Waals surface area contributed by atoms with Crippen molar-refractivity contribution in [2.75, 3.05) is 0 Å². The molecule has 0 unspecified atom stereocenters. The Hall–Kier alpha value is -2.00. The number of hydrazone groups is 1. The summed E-state index contributed by atoms with van der Waals surface area (Å²) in [5.74, 6) is -0.340. The van der Waals surface area contributed by atoms with E-state index in [0.717, 1.165) is 20.1 Å². The van der Waals surface area contributed by atoms with Crippen LogP contribution in [0.5, 0.6) is 0 Å². The predicted octanol–water partition coefficient (Wildman–Crippen LogP) is 4.05. The summed E-state index contributed by atoms with van der Waals surface area (Å²) in [4.78, 5) is 27.2. The number of hydrogen-bond donors (Lipinski definition) is 0. The molecule has 0 bridgehead atoms. The van der Waals surface area contributed by atoms with Gasteiger partial charge in [-0.2, -0.15) is 10.2 Å². The molecule has 1 aliphatic heterocycles. The van der Waals surface area contributed by atoms with E-state index in [9.17, 15) is 9.59 Å². The van der Waals surface area contributed by atoms with Crippen molar-refractivity contribution in [3.05, 3.63) is 71.4 Å². The summed E-state index contributed by atoms with van der Waals surface area (Å²) in [6.07, 6.45) is 1.87. The Bertz CT molecular complexity index is 1060. The number of halogens is 2. The molecule has 0 radical (unpaired) electrons. The van der Waals surface area contributed by atoms with Gasteiger partial charge >= 0.3 is 0 Å². The highest BCUT2D eigenvalue weighted by Gasteiger charge is 2.34. The Morgan fingerprint density at radius 2 is 2.00 bits per heavy atom. The topological polar surface area (TPSA) is 67.6 Å². The number of aromatic nitrogens is 2. The smallest absolute Gasteiger partial charge is 0.271 e. The summed E-state index contributed by atoms with van der Waals surface area (Å²) < 4.78 is 1.00. The number of rotatable bonds is 4. The molecule has 1 atom stereocenters. The van der Waals surface area contributed by atoms with E-state index in [2.05, 4.69) is 10.2 Å². The maximum absolute atomic E-state index is 12.9. The van der Waals surface area contributed by atoms with Gasteiger partial charge in [-0.3, -0.25) is 9.59 Å². The lowest BCUT2D eigenvalue weighted by atomic mass is 10.1. The first-order valence-corrected chi connectivity index (χ1v) is 10.4. The summed E-state index contributed by atoms with van der Waals surface area (Å²) in [5, 5.41) is 13.7. The van der Waals surface area contributed by atoms with E-state index in [0.29, 0.717) is 6.42 Å². The SMILES string of the molecule is O=C(Cn1ncc(Cl)c(Cl)c1=O)N1N=C(c2cccs2)C[C@H]1c1cccs1. The van der Waals surface area contributed by atoms with Gasteiger partial charge in [0.1, 0.15) is 11.6 Å². The van der Waals surface area contributed by atoms with Crippen molar-refractivity contribution in [3.63, 3.8) is 0 Å². The van der Waals surface area contributed by atoms with Crippen molar-refractivity contribution in [3.8, 4) is 0 Å². The van der Waals surface area contributed by atoms with Crippen LogP contribution in [-0.4, -0.2) is 26.4 Å². The van der Waals surface area contributed by atoms with E-state index in [1.54, 1.807) is 22.7 Å². The molecule has 10 heteroatoms. The van der Waals surface area contributed by atoms with Crippen LogP contribution in [0.2, 0.25) is 10.0 Å². The second-order valence-electron chi connectivity index (χ2n) is 5.77. The third kappa shape index (κ3) is 3.58. The minimum atomic E-state index is -0.605. The largest absolute Gasteiger partial charge is 0.287 e. The zero-order chi connectivity index (χ0) is 19.0. The molecule has 0 saturated carbocycles. The molecule has 0 N–H and O–H groups in total. The fourth-order valence-electron chi connectivity index (χ4n) is 2.79. The van der Waals surface area contributed by atoms with Gasteiger partial charge in [-0.05, 0) is 22.9 Å². The van der Waals surface area contributed by atoms with E-state index in [4.69, 9.17) is 23.2 Å². The minimum Gasteiger partial charge on any atom is -0.271 e. The lowest BCUT2D eigenvalue weighted by Gasteiger charge is -2.20. The Balaban J connectivity index is 1.65. The van der Waals surface area contributed by atoms with E-state index < -0.39 is 5.56 Å². The highest BCUT2D eigenvalue weighted by atomic mass is 35.5. The molecule has 4 rings (SSSR count). The van der Waals surface area contributed by atoms with Gasteiger partial charge in [0, 0.05) is 11.3 Å². The monoisotopic (exact) mass is 438 g/mol. The van der Waals surface area contributed by atoms with Crippen molar-refractivity contribution in [1.29, 1.82) is 0 Å². The Labute approximate surface area is 172 Å². The molecule has 0 aromatic carbocycles. The van der Waals surface area contributed by atoms with Crippen LogP contribution < -0.4 is 5.56 Å². The van der Waals surface area contributed by atoms with Crippen molar-refractivity contribution < 1.29 is 4.79 Å². The van der Waals surface area contributed by atoms with Gasteiger partial charge in [0.15, 0.2) is 0 Å². The van der Waals surface area contributed by atoms with Gasteiger partial charge < -0.3 is 0 Å². The molecule has 6 nitrogen and oxygen atoms in total. The number of nitrogens with zero attached hydrogens (tertiary/aromatic N) is 4. The average molecular weight is 439 g/mol. The third-order valence-electron chi connectivity index (χ3n) is 4.07. The summed E-state index contributed by atoms with van der Waals surface area (Å²) >= 11 is 14.8. The van der Waals surface area contributed by atoms with Crippen LogP contribution >= 0.6 is 45.9 Å². The van der Waals surface area contributed by atoms with Gasteiger partial charge in [0.25, 0.3) is 11.5 Å². The predicted molar refractivity (Wildman–Crippen MR) is 108 cm³/mol. The highest BCUT2D eigenvalue weighted by molar-refractivity contribution is 7.12. The lowest BCUT2D eigenvalue weighted by Crippen LogP contribution is -2.35. The van der Waals surface area contributed by atoms with Crippen LogP contribution in [-0.2, 0) is 11.3 Å².